The van der Waals surface area contributed by atoms with Crippen molar-refractivity contribution in [1.82, 2.24) is 9.55 Å². The highest BCUT2D eigenvalue weighted by Crippen LogP contribution is 2.48. The number of aromatic nitrogens is 2. The second-order valence-electron chi connectivity index (χ2n) is 5.65. The molecular weight excluding hydrogens is 252 g/mol. The number of nitrogens with zero attached hydrogens (tertiary/aromatic N) is 1. The Hall–Kier alpha value is -1.44. The van der Waals surface area contributed by atoms with Crippen LogP contribution in [0.25, 0.3) is 0 Å². The standard InChI is InChI=1S/C12H18N2O5/c1-11(2)5-12(6-15,7-16)19-9(11)14-4-3-8(17)13-10(14)18/h3-4,9,15-16H,5-7H2,1-2H3,(H,13,17,18)/t9-/m1/s1. The summed E-state index contributed by atoms with van der Waals surface area (Å²) in [5.74, 6) is 0. The van der Waals surface area contributed by atoms with Crippen LogP contribution in [0.15, 0.2) is 21.9 Å². The fraction of sp³-hybridized carbons (Fsp3) is 0.667. The molecule has 3 N–H and O–H groups in total. The normalized spacial score (nSPS) is 24.5. The molecule has 0 radical (unpaired) electrons. The number of rotatable bonds is 3. The van der Waals surface area contributed by atoms with Gasteiger partial charge in [0, 0.05) is 17.7 Å². The molecule has 1 aromatic heterocycles. The van der Waals surface area contributed by atoms with Gasteiger partial charge in [-0.15, -0.1) is 0 Å². The van der Waals surface area contributed by atoms with E-state index in [9.17, 15) is 19.8 Å². The molecule has 0 saturated carbocycles. The van der Waals surface area contributed by atoms with Crippen LogP contribution in [0.5, 0.6) is 0 Å². The predicted molar refractivity (Wildman–Crippen MR) is 66.7 cm³/mol. The molecule has 1 fully saturated rings. The molecule has 1 aliphatic heterocycles. The molecule has 1 aromatic rings. The Labute approximate surface area is 109 Å². The van der Waals surface area contributed by atoms with E-state index in [1.807, 2.05) is 13.8 Å². The summed E-state index contributed by atoms with van der Waals surface area (Å²) in [6, 6.07) is 1.23. The van der Waals surface area contributed by atoms with Crippen LogP contribution < -0.4 is 11.2 Å². The lowest BCUT2D eigenvalue weighted by Gasteiger charge is -2.26. The van der Waals surface area contributed by atoms with Crippen molar-refractivity contribution < 1.29 is 14.9 Å². The number of aliphatic hydroxyl groups excluding tert-OH is 2. The van der Waals surface area contributed by atoms with Crippen LogP contribution in [0.3, 0.4) is 0 Å². The predicted octanol–water partition coefficient (Wildman–Crippen LogP) is -0.795. The number of ether oxygens (including phenoxy) is 1. The van der Waals surface area contributed by atoms with E-state index in [-0.39, 0.29) is 13.2 Å². The maximum Gasteiger partial charge on any atom is 0.330 e. The first-order valence-electron chi connectivity index (χ1n) is 6.05. The van der Waals surface area contributed by atoms with E-state index in [1.54, 1.807) is 0 Å². The molecule has 1 atom stereocenters. The van der Waals surface area contributed by atoms with E-state index < -0.39 is 28.5 Å². The summed E-state index contributed by atoms with van der Waals surface area (Å²) in [5.41, 5.74) is -2.58. The van der Waals surface area contributed by atoms with Crippen LogP contribution in [-0.2, 0) is 4.74 Å². The van der Waals surface area contributed by atoms with Gasteiger partial charge in [0.2, 0.25) is 0 Å². The molecule has 0 unspecified atom stereocenters. The minimum Gasteiger partial charge on any atom is -0.393 e. The monoisotopic (exact) mass is 270 g/mol. The van der Waals surface area contributed by atoms with Crippen LogP contribution in [0.1, 0.15) is 26.5 Å². The fourth-order valence-electron chi connectivity index (χ4n) is 2.64. The molecule has 0 bridgehead atoms. The Morgan fingerprint density at radius 1 is 1.42 bits per heavy atom. The Kier molecular flexibility index (Phi) is 3.38. The maximum atomic E-state index is 11.8. The zero-order chi connectivity index (χ0) is 14.3. The first kappa shape index (κ1) is 14.0. The van der Waals surface area contributed by atoms with Crippen LogP contribution >= 0.6 is 0 Å². The summed E-state index contributed by atoms with van der Waals surface area (Å²) in [6.45, 7) is 3.09. The molecular formula is C12H18N2O5. The van der Waals surface area contributed by atoms with E-state index in [0.29, 0.717) is 6.42 Å². The van der Waals surface area contributed by atoms with Crippen LogP contribution in [0.4, 0.5) is 0 Å². The molecule has 0 aliphatic carbocycles. The van der Waals surface area contributed by atoms with Gasteiger partial charge in [-0.25, -0.2) is 4.79 Å². The minimum atomic E-state index is -1.07. The van der Waals surface area contributed by atoms with Crippen molar-refractivity contribution >= 4 is 0 Å². The first-order valence-corrected chi connectivity index (χ1v) is 6.05. The van der Waals surface area contributed by atoms with Crippen molar-refractivity contribution in [3.05, 3.63) is 33.1 Å². The molecule has 1 saturated heterocycles. The van der Waals surface area contributed by atoms with E-state index in [2.05, 4.69) is 4.98 Å². The lowest BCUT2D eigenvalue weighted by molar-refractivity contribution is -0.130. The second-order valence-corrected chi connectivity index (χ2v) is 5.65. The van der Waals surface area contributed by atoms with Crippen molar-refractivity contribution in [3.63, 3.8) is 0 Å². The fourth-order valence-corrected chi connectivity index (χ4v) is 2.64. The number of aliphatic hydroxyl groups is 2. The number of hydrogen-bond donors (Lipinski definition) is 3. The van der Waals surface area contributed by atoms with Gasteiger partial charge in [-0.2, -0.15) is 0 Å². The zero-order valence-electron chi connectivity index (χ0n) is 10.9. The van der Waals surface area contributed by atoms with E-state index in [1.165, 1.54) is 16.8 Å². The first-order chi connectivity index (χ1) is 8.83. The molecule has 0 amide bonds. The summed E-state index contributed by atoms with van der Waals surface area (Å²) >= 11 is 0. The number of H-pyrrole nitrogens is 1. The summed E-state index contributed by atoms with van der Waals surface area (Å²) in [4.78, 5) is 25.0. The van der Waals surface area contributed by atoms with Crippen LogP contribution in [0, 0.1) is 5.41 Å². The van der Waals surface area contributed by atoms with Gasteiger partial charge < -0.3 is 14.9 Å². The second kappa shape index (κ2) is 4.59. The lowest BCUT2D eigenvalue weighted by atomic mass is 9.83. The Bertz CT molecular complexity index is 570. The summed E-state index contributed by atoms with van der Waals surface area (Å²) in [5, 5.41) is 18.8. The Morgan fingerprint density at radius 3 is 2.53 bits per heavy atom. The van der Waals surface area contributed by atoms with Crippen molar-refractivity contribution in [2.75, 3.05) is 13.2 Å². The highest BCUT2D eigenvalue weighted by Gasteiger charge is 2.51. The van der Waals surface area contributed by atoms with Crippen LogP contribution in [-0.4, -0.2) is 38.6 Å². The molecule has 7 nitrogen and oxygen atoms in total. The van der Waals surface area contributed by atoms with Crippen LogP contribution in [0.2, 0.25) is 0 Å². The molecule has 19 heavy (non-hydrogen) atoms. The topological polar surface area (TPSA) is 105 Å². The third kappa shape index (κ3) is 2.36. The molecule has 7 heteroatoms. The quantitative estimate of drug-likeness (QED) is 0.667. The van der Waals surface area contributed by atoms with E-state index in [0.717, 1.165) is 0 Å². The van der Waals surface area contributed by atoms with Gasteiger partial charge in [-0.1, -0.05) is 13.8 Å². The van der Waals surface area contributed by atoms with E-state index >= 15 is 0 Å². The molecule has 2 heterocycles. The number of nitrogens with one attached hydrogen (secondary N) is 1. The highest BCUT2D eigenvalue weighted by atomic mass is 16.6. The van der Waals surface area contributed by atoms with Gasteiger partial charge in [-0.3, -0.25) is 14.3 Å². The van der Waals surface area contributed by atoms with Gasteiger partial charge in [0.25, 0.3) is 5.56 Å². The Balaban J connectivity index is 2.45. The third-order valence-electron chi connectivity index (χ3n) is 3.49. The average Bonchev–Trinajstić information content (AvgIpc) is 2.62. The highest BCUT2D eigenvalue weighted by molar-refractivity contribution is 4.99. The maximum absolute atomic E-state index is 11.8. The summed E-state index contributed by atoms with van der Waals surface area (Å²) < 4.78 is 6.98. The minimum absolute atomic E-state index is 0.332. The Morgan fingerprint density at radius 2 is 2.05 bits per heavy atom. The van der Waals surface area contributed by atoms with Crippen molar-refractivity contribution in [1.29, 1.82) is 0 Å². The lowest BCUT2D eigenvalue weighted by Crippen LogP contribution is -2.39. The largest absolute Gasteiger partial charge is 0.393 e. The van der Waals surface area contributed by atoms with Crippen molar-refractivity contribution in [2.45, 2.75) is 32.1 Å². The van der Waals surface area contributed by atoms with Gasteiger partial charge in [0.15, 0.2) is 0 Å². The van der Waals surface area contributed by atoms with Gasteiger partial charge in [0.05, 0.1) is 13.2 Å². The van der Waals surface area contributed by atoms with Crippen molar-refractivity contribution in [3.8, 4) is 0 Å². The molecule has 1 aliphatic rings. The summed E-state index contributed by atoms with van der Waals surface area (Å²) in [7, 11) is 0. The molecule has 106 valence electrons. The zero-order valence-corrected chi connectivity index (χ0v) is 10.9. The smallest absolute Gasteiger partial charge is 0.330 e. The molecule has 2 rings (SSSR count). The SMILES string of the molecule is CC1(C)CC(CO)(CO)O[C@H]1n1ccc(=O)[nH]c1=O. The number of hydrogen-bond acceptors (Lipinski definition) is 5. The van der Waals surface area contributed by atoms with Gasteiger partial charge in [-0.05, 0) is 6.42 Å². The van der Waals surface area contributed by atoms with Gasteiger partial charge >= 0.3 is 5.69 Å². The molecule has 0 aromatic carbocycles. The van der Waals surface area contributed by atoms with Crippen molar-refractivity contribution in [2.24, 2.45) is 5.41 Å². The summed E-state index contributed by atoms with van der Waals surface area (Å²) in [6.07, 6.45) is 1.11. The molecule has 0 spiro atoms. The van der Waals surface area contributed by atoms with E-state index in [4.69, 9.17) is 4.74 Å². The average molecular weight is 270 g/mol. The number of aromatic amines is 1. The third-order valence-corrected chi connectivity index (χ3v) is 3.49. The van der Waals surface area contributed by atoms with Gasteiger partial charge in [0.1, 0.15) is 11.8 Å².